The number of nitrogens with one attached hydrogen (secondary N) is 1. The zero-order chi connectivity index (χ0) is 14.0. The van der Waals surface area contributed by atoms with Gasteiger partial charge < -0.3 is 11.1 Å². The van der Waals surface area contributed by atoms with E-state index in [1.807, 2.05) is 6.92 Å². The van der Waals surface area contributed by atoms with Crippen LogP contribution in [0.1, 0.15) is 26.2 Å². The molecule has 2 unspecified atom stereocenters. The van der Waals surface area contributed by atoms with Crippen LogP contribution >= 0.6 is 0 Å². The van der Waals surface area contributed by atoms with Crippen molar-refractivity contribution >= 4 is 16.1 Å². The van der Waals surface area contributed by atoms with Gasteiger partial charge in [0.1, 0.15) is 6.04 Å². The van der Waals surface area contributed by atoms with Crippen molar-refractivity contribution < 1.29 is 13.2 Å². The molecule has 2 rings (SSSR count). The first-order valence-electron chi connectivity index (χ1n) is 6.73. The van der Waals surface area contributed by atoms with Crippen LogP contribution in [0.3, 0.4) is 0 Å². The van der Waals surface area contributed by atoms with Gasteiger partial charge in [0.15, 0.2) is 0 Å². The predicted molar refractivity (Wildman–Crippen MR) is 71.5 cm³/mol. The zero-order valence-corrected chi connectivity index (χ0v) is 12.0. The second-order valence-corrected chi connectivity index (χ2v) is 7.03. The number of amides is 1. The van der Waals surface area contributed by atoms with Crippen LogP contribution in [-0.4, -0.2) is 61.2 Å². The molecule has 0 radical (unpaired) electrons. The van der Waals surface area contributed by atoms with Crippen molar-refractivity contribution in [3.05, 3.63) is 0 Å². The van der Waals surface area contributed by atoms with Crippen molar-refractivity contribution in [1.82, 2.24) is 13.9 Å². The van der Waals surface area contributed by atoms with Gasteiger partial charge in [0.25, 0.3) is 10.2 Å². The molecule has 19 heavy (non-hydrogen) atoms. The molecular formula is C11H22N4O3S. The molecule has 0 aliphatic carbocycles. The van der Waals surface area contributed by atoms with Crippen LogP contribution in [0.15, 0.2) is 0 Å². The molecule has 0 spiro atoms. The quantitative estimate of drug-likeness (QED) is 0.687. The molecule has 0 saturated carbocycles. The van der Waals surface area contributed by atoms with Gasteiger partial charge in [-0.1, -0.05) is 6.42 Å². The van der Waals surface area contributed by atoms with Gasteiger partial charge >= 0.3 is 0 Å². The Morgan fingerprint density at radius 2 is 2.00 bits per heavy atom. The lowest BCUT2D eigenvalue weighted by Gasteiger charge is -2.40. The van der Waals surface area contributed by atoms with E-state index < -0.39 is 22.2 Å². The van der Waals surface area contributed by atoms with Crippen molar-refractivity contribution in [1.29, 1.82) is 0 Å². The van der Waals surface area contributed by atoms with Crippen LogP contribution in [0.2, 0.25) is 0 Å². The lowest BCUT2D eigenvalue weighted by molar-refractivity contribution is -0.122. The maximum atomic E-state index is 12.7. The highest BCUT2D eigenvalue weighted by Gasteiger charge is 2.41. The largest absolute Gasteiger partial charge is 0.368 e. The summed E-state index contributed by atoms with van der Waals surface area (Å²) in [6.07, 6.45) is 2.79. The van der Waals surface area contributed by atoms with Gasteiger partial charge in [0.2, 0.25) is 5.91 Å². The summed E-state index contributed by atoms with van der Waals surface area (Å²) in [5.41, 5.74) is 5.31. The minimum atomic E-state index is -3.60. The fourth-order valence-corrected chi connectivity index (χ4v) is 4.77. The van der Waals surface area contributed by atoms with Gasteiger partial charge in [0, 0.05) is 32.2 Å². The fourth-order valence-electron chi connectivity index (χ4n) is 2.75. The third-order valence-corrected chi connectivity index (χ3v) is 6.02. The molecule has 2 saturated heterocycles. The van der Waals surface area contributed by atoms with Crippen LogP contribution in [0.5, 0.6) is 0 Å². The van der Waals surface area contributed by atoms with E-state index in [4.69, 9.17) is 5.73 Å². The summed E-state index contributed by atoms with van der Waals surface area (Å²) in [6, 6.07) is -0.796. The number of rotatable bonds is 3. The van der Waals surface area contributed by atoms with E-state index in [1.54, 1.807) is 0 Å². The summed E-state index contributed by atoms with van der Waals surface area (Å²) in [5, 5.41) is 3.01. The molecule has 2 aliphatic rings. The lowest BCUT2D eigenvalue weighted by Crippen LogP contribution is -2.62. The molecule has 2 atom stereocenters. The van der Waals surface area contributed by atoms with Gasteiger partial charge in [-0.3, -0.25) is 4.79 Å². The molecule has 2 fully saturated rings. The number of carbonyl (C=O) groups excluding carboxylic acids is 1. The smallest absolute Gasteiger partial charge is 0.283 e. The van der Waals surface area contributed by atoms with E-state index in [0.29, 0.717) is 19.6 Å². The Hall–Kier alpha value is -0.700. The van der Waals surface area contributed by atoms with Crippen molar-refractivity contribution in [2.24, 2.45) is 5.73 Å². The Balaban J connectivity index is 2.23. The SMILES string of the molecule is CC1CCCCN1S(=O)(=O)N1CCNCC1C(N)=O. The minimum Gasteiger partial charge on any atom is -0.368 e. The van der Waals surface area contributed by atoms with E-state index in [9.17, 15) is 13.2 Å². The molecule has 0 aromatic rings. The molecule has 3 N–H and O–H groups in total. The number of nitrogens with two attached hydrogens (primary N) is 1. The first kappa shape index (κ1) is 14.7. The summed E-state index contributed by atoms with van der Waals surface area (Å²) in [4.78, 5) is 11.4. The van der Waals surface area contributed by atoms with Crippen LogP contribution < -0.4 is 11.1 Å². The maximum Gasteiger partial charge on any atom is 0.283 e. The van der Waals surface area contributed by atoms with Crippen LogP contribution in [0.4, 0.5) is 0 Å². The van der Waals surface area contributed by atoms with E-state index in [-0.39, 0.29) is 12.6 Å². The molecule has 0 aromatic carbocycles. The highest BCUT2D eigenvalue weighted by molar-refractivity contribution is 7.86. The molecular weight excluding hydrogens is 268 g/mol. The number of piperazine rings is 1. The summed E-state index contributed by atoms with van der Waals surface area (Å²) >= 11 is 0. The zero-order valence-electron chi connectivity index (χ0n) is 11.2. The van der Waals surface area contributed by atoms with Crippen molar-refractivity contribution in [2.45, 2.75) is 38.3 Å². The molecule has 1 amide bonds. The summed E-state index contributed by atoms with van der Waals surface area (Å²) in [6.45, 7) is 3.57. The number of nitrogens with zero attached hydrogens (tertiary/aromatic N) is 2. The number of carbonyl (C=O) groups is 1. The summed E-state index contributed by atoms with van der Waals surface area (Å²) < 4.78 is 28.1. The average Bonchev–Trinajstić information content (AvgIpc) is 2.39. The second-order valence-electron chi connectivity index (χ2n) is 5.20. The van der Waals surface area contributed by atoms with Gasteiger partial charge in [-0.25, -0.2) is 0 Å². The number of piperidine rings is 1. The predicted octanol–water partition coefficient (Wildman–Crippen LogP) is -1.14. The van der Waals surface area contributed by atoms with Gasteiger partial charge in [-0.15, -0.1) is 0 Å². The Labute approximate surface area is 114 Å². The highest BCUT2D eigenvalue weighted by atomic mass is 32.2. The summed E-state index contributed by atoms with van der Waals surface area (Å²) in [5.74, 6) is -0.597. The van der Waals surface area contributed by atoms with E-state index in [1.165, 1.54) is 8.61 Å². The molecule has 7 nitrogen and oxygen atoms in total. The Morgan fingerprint density at radius 1 is 1.26 bits per heavy atom. The topological polar surface area (TPSA) is 95.7 Å². The molecule has 0 aromatic heterocycles. The van der Waals surface area contributed by atoms with E-state index in [2.05, 4.69) is 5.32 Å². The Bertz CT molecular complexity index is 439. The van der Waals surface area contributed by atoms with Gasteiger partial charge in [0.05, 0.1) is 0 Å². The highest BCUT2D eigenvalue weighted by Crippen LogP contribution is 2.24. The number of primary amides is 1. The third-order valence-electron chi connectivity index (χ3n) is 3.86. The van der Waals surface area contributed by atoms with E-state index in [0.717, 1.165) is 19.3 Å². The molecule has 0 bridgehead atoms. The van der Waals surface area contributed by atoms with Crippen LogP contribution in [-0.2, 0) is 15.0 Å². The van der Waals surface area contributed by atoms with Crippen LogP contribution in [0.25, 0.3) is 0 Å². The lowest BCUT2D eigenvalue weighted by atomic mass is 10.1. The third kappa shape index (κ3) is 2.91. The first-order valence-corrected chi connectivity index (χ1v) is 8.13. The molecule has 110 valence electrons. The van der Waals surface area contributed by atoms with Crippen molar-refractivity contribution in [2.75, 3.05) is 26.2 Å². The number of hydrogen-bond acceptors (Lipinski definition) is 4. The minimum absolute atomic E-state index is 0.0119. The van der Waals surface area contributed by atoms with Gasteiger partial charge in [-0.2, -0.15) is 17.0 Å². The number of hydrogen-bond donors (Lipinski definition) is 2. The van der Waals surface area contributed by atoms with Gasteiger partial charge in [-0.05, 0) is 19.8 Å². The monoisotopic (exact) mass is 290 g/mol. The summed E-state index contributed by atoms with van der Waals surface area (Å²) in [7, 11) is -3.60. The second kappa shape index (κ2) is 5.74. The Morgan fingerprint density at radius 3 is 2.63 bits per heavy atom. The first-order chi connectivity index (χ1) is 8.94. The molecule has 8 heteroatoms. The maximum absolute atomic E-state index is 12.7. The standard InChI is InChI=1S/C11H22N4O3S/c1-9-4-2-3-6-14(9)19(17,18)15-7-5-13-8-10(15)11(12)16/h9-10,13H,2-8H2,1H3,(H2,12,16). The normalized spacial score (nSPS) is 31.2. The van der Waals surface area contributed by atoms with Crippen LogP contribution in [0, 0.1) is 0 Å². The molecule has 2 heterocycles. The Kier molecular flexibility index (Phi) is 4.44. The average molecular weight is 290 g/mol. The van der Waals surface area contributed by atoms with Crippen molar-refractivity contribution in [3.8, 4) is 0 Å². The molecule has 2 aliphatic heterocycles. The fraction of sp³-hybridized carbons (Fsp3) is 0.909. The van der Waals surface area contributed by atoms with Crippen molar-refractivity contribution in [3.63, 3.8) is 0 Å². The van der Waals surface area contributed by atoms with E-state index >= 15 is 0 Å².